The summed E-state index contributed by atoms with van der Waals surface area (Å²) in [5.74, 6) is 1.56. The van der Waals surface area contributed by atoms with E-state index < -0.39 is 0 Å². The highest BCUT2D eigenvalue weighted by atomic mass is 16.5. The zero-order valence-corrected chi connectivity index (χ0v) is 9.04. The standard InChI is InChI=1S/C12H21NO/c1-9-3-2-4-10(7-9)12(13)11-5-6-14-8-11/h8-10,12H,2-7,13H2,1H3. The lowest BCUT2D eigenvalue weighted by molar-refractivity contribution is 0.259. The second-order valence-electron chi connectivity index (χ2n) is 4.87. The minimum absolute atomic E-state index is 0.264. The van der Waals surface area contributed by atoms with E-state index in [4.69, 9.17) is 10.5 Å². The molecule has 0 aromatic rings. The molecule has 0 saturated heterocycles. The molecule has 2 rings (SSSR count). The summed E-state index contributed by atoms with van der Waals surface area (Å²) in [5, 5.41) is 0. The summed E-state index contributed by atoms with van der Waals surface area (Å²) in [5.41, 5.74) is 7.60. The highest BCUT2D eigenvalue weighted by molar-refractivity contribution is 5.12. The third kappa shape index (κ3) is 2.11. The normalized spacial score (nSPS) is 34.9. The second-order valence-corrected chi connectivity index (χ2v) is 4.87. The van der Waals surface area contributed by atoms with Gasteiger partial charge >= 0.3 is 0 Å². The fourth-order valence-electron chi connectivity index (χ4n) is 2.76. The van der Waals surface area contributed by atoms with Crippen molar-refractivity contribution in [3.05, 3.63) is 11.8 Å². The molecular formula is C12H21NO. The van der Waals surface area contributed by atoms with Crippen LogP contribution in [-0.2, 0) is 4.74 Å². The summed E-state index contributed by atoms with van der Waals surface area (Å²) in [6.07, 6.45) is 8.30. The van der Waals surface area contributed by atoms with Gasteiger partial charge in [0.25, 0.3) is 0 Å². The van der Waals surface area contributed by atoms with E-state index in [9.17, 15) is 0 Å². The molecule has 0 aromatic carbocycles. The van der Waals surface area contributed by atoms with Crippen molar-refractivity contribution in [2.45, 2.75) is 45.1 Å². The molecule has 3 atom stereocenters. The zero-order valence-electron chi connectivity index (χ0n) is 9.04. The SMILES string of the molecule is CC1CCCC(C(N)C2=COCC2)C1. The van der Waals surface area contributed by atoms with Crippen LogP contribution in [0.3, 0.4) is 0 Å². The number of hydrogen-bond donors (Lipinski definition) is 1. The molecule has 0 aromatic heterocycles. The summed E-state index contributed by atoms with van der Waals surface area (Å²) in [6, 6.07) is 0.264. The predicted molar refractivity (Wildman–Crippen MR) is 57.7 cm³/mol. The third-order valence-corrected chi connectivity index (χ3v) is 3.66. The van der Waals surface area contributed by atoms with Gasteiger partial charge in [0.1, 0.15) is 0 Å². The van der Waals surface area contributed by atoms with Crippen LogP contribution in [0.1, 0.15) is 39.0 Å². The first kappa shape index (κ1) is 10.0. The average molecular weight is 195 g/mol. The molecule has 3 unspecified atom stereocenters. The van der Waals surface area contributed by atoms with Crippen LogP contribution < -0.4 is 5.73 Å². The molecule has 0 radical (unpaired) electrons. The van der Waals surface area contributed by atoms with Crippen LogP contribution in [0, 0.1) is 11.8 Å². The molecule has 2 aliphatic rings. The Hall–Kier alpha value is -0.500. The number of hydrogen-bond acceptors (Lipinski definition) is 2. The van der Waals surface area contributed by atoms with Crippen molar-refractivity contribution < 1.29 is 4.74 Å². The van der Waals surface area contributed by atoms with Gasteiger partial charge < -0.3 is 10.5 Å². The first-order valence-electron chi connectivity index (χ1n) is 5.83. The highest BCUT2D eigenvalue weighted by Gasteiger charge is 2.27. The molecule has 2 heteroatoms. The van der Waals surface area contributed by atoms with E-state index in [1.54, 1.807) is 0 Å². The van der Waals surface area contributed by atoms with Crippen molar-refractivity contribution in [2.24, 2.45) is 17.6 Å². The van der Waals surface area contributed by atoms with Gasteiger partial charge in [0.2, 0.25) is 0 Å². The maximum absolute atomic E-state index is 6.27. The van der Waals surface area contributed by atoms with Gasteiger partial charge in [0.15, 0.2) is 0 Å². The third-order valence-electron chi connectivity index (χ3n) is 3.66. The smallest absolute Gasteiger partial charge is 0.0912 e. The van der Waals surface area contributed by atoms with E-state index in [1.807, 2.05) is 6.26 Å². The van der Waals surface area contributed by atoms with Gasteiger partial charge in [-0.1, -0.05) is 19.8 Å². The first-order chi connectivity index (χ1) is 6.77. The van der Waals surface area contributed by atoms with Crippen LogP contribution in [-0.4, -0.2) is 12.6 Å². The Kier molecular flexibility index (Phi) is 3.12. The maximum Gasteiger partial charge on any atom is 0.0912 e. The quantitative estimate of drug-likeness (QED) is 0.734. The molecule has 1 aliphatic carbocycles. The average Bonchev–Trinajstić information content (AvgIpc) is 2.69. The topological polar surface area (TPSA) is 35.2 Å². The number of nitrogens with two attached hydrogens (primary N) is 1. The molecule has 0 spiro atoms. The molecule has 1 fully saturated rings. The van der Waals surface area contributed by atoms with Crippen LogP contribution in [0.5, 0.6) is 0 Å². The molecule has 0 amide bonds. The Bertz CT molecular complexity index is 224. The van der Waals surface area contributed by atoms with Crippen LogP contribution in [0.2, 0.25) is 0 Å². The Balaban J connectivity index is 1.92. The van der Waals surface area contributed by atoms with Crippen molar-refractivity contribution in [2.75, 3.05) is 6.61 Å². The van der Waals surface area contributed by atoms with E-state index in [0.29, 0.717) is 5.92 Å². The van der Waals surface area contributed by atoms with E-state index in [0.717, 1.165) is 18.9 Å². The zero-order chi connectivity index (χ0) is 9.97. The molecule has 2 nitrogen and oxygen atoms in total. The monoisotopic (exact) mass is 195 g/mol. The van der Waals surface area contributed by atoms with Gasteiger partial charge in [0.05, 0.1) is 12.9 Å². The molecular weight excluding hydrogens is 174 g/mol. The summed E-state index contributed by atoms with van der Waals surface area (Å²) in [7, 11) is 0. The lowest BCUT2D eigenvalue weighted by Crippen LogP contribution is -2.34. The molecule has 0 bridgehead atoms. The highest BCUT2D eigenvalue weighted by Crippen LogP contribution is 2.33. The van der Waals surface area contributed by atoms with E-state index in [-0.39, 0.29) is 6.04 Å². The number of rotatable bonds is 2. The Morgan fingerprint density at radius 2 is 2.36 bits per heavy atom. The lowest BCUT2D eigenvalue weighted by atomic mass is 9.77. The van der Waals surface area contributed by atoms with E-state index in [1.165, 1.54) is 31.3 Å². The molecule has 1 heterocycles. The van der Waals surface area contributed by atoms with Crippen LogP contribution in [0.4, 0.5) is 0 Å². The van der Waals surface area contributed by atoms with Crippen molar-refractivity contribution in [1.29, 1.82) is 0 Å². The summed E-state index contributed by atoms with van der Waals surface area (Å²) in [4.78, 5) is 0. The van der Waals surface area contributed by atoms with Gasteiger partial charge in [-0.3, -0.25) is 0 Å². The summed E-state index contributed by atoms with van der Waals surface area (Å²) in [6.45, 7) is 3.18. The van der Waals surface area contributed by atoms with Gasteiger partial charge in [-0.05, 0) is 30.3 Å². The van der Waals surface area contributed by atoms with Gasteiger partial charge in [-0.2, -0.15) is 0 Å². The maximum atomic E-state index is 6.27. The number of ether oxygens (including phenoxy) is 1. The molecule has 1 aliphatic heterocycles. The van der Waals surface area contributed by atoms with Gasteiger partial charge in [-0.15, -0.1) is 0 Å². The Morgan fingerprint density at radius 3 is 3.00 bits per heavy atom. The van der Waals surface area contributed by atoms with Gasteiger partial charge in [-0.25, -0.2) is 0 Å². The lowest BCUT2D eigenvalue weighted by Gasteiger charge is -2.31. The second kappa shape index (κ2) is 4.35. The van der Waals surface area contributed by atoms with Crippen LogP contribution >= 0.6 is 0 Å². The van der Waals surface area contributed by atoms with Crippen molar-refractivity contribution in [3.63, 3.8) is 0 Å². The minimum atomic E-state index is 0.264. The minimum Gasteiger partial charge on any atom is -0.501 e. The molecule has 2 N–H and O–H groups in total. The van der Waals surface area contributed by atoms with Crippen molar-refractivity contribution >= 4 is 0 Å². The Labute approximate surface area is 86.5 Å². The van der Waals surface area contributed by atoms with E-state index >= 15 is 0 Å². The molecule has 1 saturated carbocycles. The van der Waals surface area contributed by atoms with Crippen LogP contribution in [0.15, 0.2) is 11.8 Å². The largest absolute Gasteiger partial charge is 0.501 e. The van der Waals surface area contributed by atoms with E-state index in [2.05, 4.69) is 6.92 Å². The summed E-state index contributed by atoms with van der Waals surface area (Å²) < 4.78 is 5.25. The van der Waals surface area contributed by atoms with Gasteiger partial charge in [0, 0.05) is 12.5 Å². The Morgan fingerprint density at radius 1 is 1.50 bits per heavy atom. The van der Waals surface area contributed by atoms with Crippen molar-refractivity contribution in [1.82, 2.24) is 0 Å². The fourth-order valence-corrected chi connectivity index (χ4v) is 2.76. The summed E-state index contributed by atoms with van der Waals surface area (Å²) >= 11 is 0. The molecule has 14 heavy (non-hydrogen) atoms. The van der Waals surface area contributed by atoms with Crippen molar-refractivity contribution in [3.8, 4) is 0 Å². The first-order valence-corrected chi connectivity index (χ1v) is 5.83. The predicted octanol–water partition coefficient (Wildman–Crippen LogP) is 2.44. The fraction of sp³-hybridized carbons (Fsp3) is 0.833. The van der Waals surface area contributed by atoms with Crippen LogP contribution in [0.25, 0.3) is 0 Å². The molecule has 80 valence electrons.